The summed E-state index contributed by atoms with van der Waals surface area (Å²) < 4.78 is 1.84. The predicted molar refractivity (Wildman–Crippen MR) is 66.1 cm³/mol. The first-order valence-corrected chi connectivity index (χ1v) is 5.76. The highest BCUT2D eigenvalue weighted by Crippen LogP contribution is 2.48. The number of nitrogens with two attached hydrogens (primary N) is 1. The Labute approximate surface area is 100 Å². The number of hydrogen-bond acceptors (Lipinski definition) is 4. The molecule has 6 nitrogen and oxygen atoms in total. The summed E-state index contributed by atoms with van der Waals surface area (Å²) in [6.07, 6.45) is 2.87. The van der Waals surface area contributed by atoms with Gasteiger partial charge in [0.1, 0.15) is 11.7 Å². The van der Waals surface area contributed by atoms with E-state index in [1.54, 1.807) is 0 Å². The second kappa shape index (κ2) is 4.27. The van der Waals surface area contributed by atoms with Crippen LogP contribution in [0.4, 0.5) is 5.82 Å². The van der Waals surface area contributed by atoms with Crippen LogP contribution in [0.25, 0.3) is 0 Å². The molecule has 1 aliphatic rings. The van der Waals surface area contributed by atoms with Gasteiger partial charge < -0.3 is 16.3 Å². The van der Waals surface area contributed by atoms with E-state index in [1.807, 2.05) is 24.7 Å². The van der Waals surface area contributed by atoms with Gasteiger partial charge in [-0.15, -0.1) is 0 Å². The van der Waals surface area contributed by atoms with Crippen molar-refractivity contribution in [3.05, 3.63) is 11.8 Å². The molecular weight excluding hydrogens is 218 g/mol. The lowest BCUT2D eigenvalue weighted by Gasteiger charge is -2.14. The quantitative estimate of drug-likeness (QED) is 0.309. The van der Waals surface area contributed by atoms with Gasteiger partial charge in [0.05, 0.1) is 0 Å². The van der Waals surface area contributed by atoms with Gasteiger partial charge in [0.15, 0.2) is 0 Å². The lowest BCUT2D eigenvalue weighted by atomic mass is 10.0. The molecule has 0 spiro atoms. The highest BCUT2D eigenvalue weighted by Gasteiger charge is 2.43. The lowest BCUT2D eigenvalue weighted by Crippen LogP contribution is -2.23. The van der Waals surface area contributed by atoms with Crippen LogP contribution in [-0.4, -0.2) is 27.4 Å². The number of oxime groups is 1. The zero-order valence-corrected chi connectivity index (χ0v) is 10.3. The van der Waals surface area contributed by atoms with Crippen LogP contribution in [0.15, 0.2) is 11.2 Å². The van der Waals surface area contributed by atoms with Crippen molar-refractivity contribution < 1.29 is 5.21 Å². The zero-order chi connectivity index (χ0) is 12.5. The largest absolute Gasteiger partial charge is 0.409 e. The molecule has 6 heteroatoms. The molecule has 1 fully saturated rings. The van der Waals surface area contributed by atoms with Crippen molar-refractivity contribution in [2.45, 2.75) is 26.2 Å². The van der Waals surface area contributed by atoms with Crippen LogP contribution < -0.4 is 11.1 Å². The Morgan fingerprint density at radius 1 is 1.71 bits per heavy atom. The molecule has 1 aromatic rings. The maximum Gasteiger partial charge on any atom is 0.148 e. The van der Waals surface area contributed by atoms with Crippen molar-refractivity contribution in [2.24, 2.45) is 23.4 Å². The molecule has 0 unspecified atom stereocenters. The fraction of sp³-hybridized carbons (Fsp3) is 0.636. The van der Waals surface area contributed by atoms with Crippen molar-refractivity contribution in [1.82, 2.24) is 9.78 Å². The molecular formula is C11H19N5O. The van der Waals surface area contributed by atoms with Gasteiger partial charge in [-0.05, 0) is 25.2 Å². The third kappa shape index (κ3) is 2.69. The van der Waals surface area contributed by atoms with Gasteiger partial charge in [0.25, 0.3) is 0 Å². The van der Waals surface area contributed by atoms with Crippen LogP contribution >= 0.6 is 0 Å². The maximum atomic E-state index is 8.58. The Morgan fingerprint density at radius 2 is 2.41 bits per heavy atom. The molecule has 0 aromatic carbocycles. The van der Waals surface area contributed by atoms with Gasteiger partial charge in [0.2, 0.25) is 0 Å². The summed E-state index contributed by atoms with van der Waals surface area (Å²) in [4.78, 5) is 0. The molecule has 0 aliphatic heterocycles. The third-order valence-corrected chi connectivity index (χ3v) is 3.40. The van der Waals surface area contributed by atoms with Gasteiger partial charge in [-0.1, -0.05) is 5.16 Å². The molecule has 0 bridgehead atoms. The van der Waals surface area contributed by atoms with Crippen molar-refractivity contribution >= 4 is 11.7 Å². The molecule has 4 N–H and O–H groups in total. The number of anilines is 1. The summed E-state index contributed by atoms with van der Waals surface area (Å²) in [5.74, 6) is 1.19. The Morgan fingerprint density at radius 3 is 2.88 bits per heavy atom. The first-order chi connectivity index (χ1) is 8.04. The topological polar surface area (TPSA) is 88.5 Å². The molecule has 1 heterocycles. The first-order valence-electron chi connectivity index (χ1n) is 5.76. The van der Waals surface area contributed by atoms with Gasteiger partial charge in [-0.2, -0.15) is 5.10 Å². The van der Waals surface area contributed by atoms with Crippen LogP contribution in [0.2, 0.25) is 0 Å². The van der Waals surface area contributed by atoms with Crippen LogP contribution in [0, 0.1) is 12.3 Å². The van der Waals surface area contributed by atoms with E-state index in [0.29, 0.717) is 12.3 Å². The monoisotopic (exact) mass is 237 g/mol. The fourth-order valence-electron chi connectivity index (χ4n) is 1.94. The first kappa shape index (κ1) is 11.8. The maximum absolute atomic E-state index is 8.58. The molecule has 1 aromatic heterocycles. The molecule has 0 radical (unpaired) electrons. The van der Waals surface area contributed by atoms with Crippen molar-refractivity contribution in [1.29, 1.82) is 0 Å². The normalized spacial score (nSPS) is 18.1. The Bertz CT molecular complexity index is 414. The van der Waals surface area contributed by atoms with E-state index in [1.165, 1.54) is 0 Å². The molecule has 0 atom stereocenters. The van der Waals surface area contributed by atoms with Crippen LogP contribution in [-0.2, 0) is 7.05 Å². The number of amidine groups is 1. The number of nitrogens with one attached hydrogen (secondary N) is 1. The van der Waals surface area contributed by atoms with E-state index in [2.05, 4.69) is 15.6 Å². The molecule has 0 saturated heterocycles. The number of hydrogen-bond donors (Lipinski definition) is 3. The minimum Gasteiger partial charge on any atom is -0.409 e. The number of nitrogens with zero attached hydrogens (tertiary/aromatic N) is 3. The molecule has 0 amide bonds. The fourth-order valence-corrected chi connectivity index (χ4v) is 1.94. The van der Waals surface area contributed by atoms with Crippen LogP contribution in [0.5, 0.6) is 0 Å². The zero-order valence-electron chi connectivity index (χ0n) is 10.3. The van der Waals surface area contributed by atoms with E-state index in [-0.39, 0.29) is 5.41 Å². The van der Waals surface area contributed by atoms with Gasteiger partial charge in [0, 0.05) is 31.8 Å². The minimum absolute atomic E-state index is 0.155. The number of aromatic nitrogens is 2. The summed E-state index contributed by atoms with van der Waals surface area (Å²) in [5.41, 5.74) is 6.82. The number of rotatable bonds is 5. The average Bonchev–Trinajstić information content (AvgIpc) is 2.98. The summed E-state index contributed by atoms with van der Waals surface area (Å²) in [6.45, 7) is 2.83. The van der Waals surface area contributed by atoms with Crippen molar-refractivity contribution in [3.63, 3.8) is 0 Å². The average molecular weight is 237 g/mol. The van der Waals surface area contributed by atoms with E-state index < -0.39 is 0 Å². The Kier molecular flexibility index (Phi) is 2.95. The van der Waals surface area contributed by atoms with E-state index >= 15 is 0 Å². The molecule has 1 saturated carbocycles. The highest BCUT2D eigenvalue weighted by molar-refractivity contribution is 5.80. The standard InChI is InChI=1S/C11H19N5O/c1-8-5-10(14-16(8)2)13-7-11(3-4-11)6-9(12)15-17/h5,17H,3-4,6-7H2,1-2H3,(H2,12,15)(H,13,14). The van der Waals surface area contributed by atoms with Crippen LogP contribution in [0.3, 0.4) is 0 Å². The second-order valence-corrected chi connectivity index (χ2v) is 4.92. The number of aryl methyl sites for hydroxylation is 2. The highest BCUT2D eigenvalue weighted by atomic mass is 16.4. The van der Waals surface area contributed by atoms with E-state index in [0.717, 1.165) is 30.9 Å². The summed E-state index contributed by atoms with van der Waals surface area (Å²) in [7, 11) is 1.92. The lowest BCUT2D eigenvalue weighted by molar-refractivity contribution is 0.315. The third-order valence-electron chi connectivity index (χ3n) is 3.40. The van der Waals surface area contributed by atoms with Crippen LogP contribution in [0.1, 0.15) is 25.0 Å². The van der Waals surface area contributed by atoms with Gasteiger partial charge in [-0.25, -0.2) is 0 Å². The van der Waals surface area contributed by atoms with Crippen molar-refractivity contribution in [2.75, 3.05) is 11.9 Å². The summed E-state index contributed by atoms with van der Waals surface area (Å²) >= 11 is 0. The minimum atomic E-state index is 0.155. The van der Waals surface area contributed by atoms with Crippen molar-refractivity contribution in [3.8, 4) is 0 Å². The molecule has 2 rings (SSSR count). The second-order valence-electron chi connectivity index (χ2n) is 4.92. The molecule has 94 valence electrons. The smallest absolute Gasteiger partial charge is 0.148 e. The predicted octanol–water partition coefficient (Wildman–Crippen LogP) is 1.06. The molecule has 1 aliphatic carbocycles. The molecule has 17 heavy (non-hydrogen) atoms. The Balaban J connectivity index is 1.90. The summed E-state index contributed by atoms with van der Waals surface area (Å²) in [6, 6.07) is 2.01. The SMILES string of the molecule is Cc1cc(NCC2(CC(N)=NO)CC2)nn1C. The van der Waals surface area contributed by atoms with E-state index in [4.69, 9.17) is 10.9 Å². The Hall–Kier alpha value is -1.72. The van der Waals surface area contributed by atoms with E-state index in [9.17, 15) is 0 Å². The summed E-state index contributed by atoms with van der Waals surface area (Å²) in [5, 5.41) is 19.3. The van der Waals surface area contributed by atoms with Gasteiger partial charge >= 0.3 is 0 Å². The van der Waals surface area contributed by atoms with Gasteiger partial charge in [-0.3, -0.25) is 4.68 Å².